The van der Waals surface area contributed by atoms with Crippen molar-refractivity contribution in [2.24, 2.45) is 0 Å². The molecule has 1 N–H and O–H groups in total. The van der Waals surface area contributed by atoms with Gasteiger partial charge in [-0.05, 0) is 37.6 Å². The second-order valence-electron chi connectivity index (χ2n) is 4.04. The minimum absolute atomic E-state index is 0.355. The fourth-order valence-electron chi connectivity index (χ4n) is 1.74. The van der Waals surface area contributed by atoms with Crippen molar-refractivity contribution in [2.75, 3.05) is 13.7 Å². The van der Waals surface area contributed by atoms with Crippen LogP contribution in [-0.2, 0) is 0 Å². The van der Waals surface area contributed by atoms with Gasteiger partial charge in [0.2, 0.25) is 0 Å². The summed E-state index contributed by atoms with van der Waals surface area (Å²) in [7, 11) is 1.69. The summed E-state index contributed by atoms with van der Waals surface area (Å²) in [6.45, 7) is 9.12. The molecular weight excluding hydrogens is 198 g/mol. The van der Waals surface area contributed by atoms with Crippen molar-refractivity contribution in [1.29, 1.82) is 0 Å². The molecule has 1 unspecified atom stereocenters. The van der Waals surface area contributed by atoms with E-state index >= 15 is 0 Å². The SMILES string of the molecule is C=C(C)CC(NCC)c1ccc(OC)cc1. The lowest BCUT2D eigenvalue weighted by Crippen LogP contribution is -2.20. The number of rotatable bonds is 6. The van der Waals surface area contributed by atoms with Crippen molar-refractivity contribution in [2.45, 2.75) is 26.3 Å². The van der Waals surface area contributed by atoms with Crippen LogP contribution in [0.3, 0.4) is 0 Å². The van der Waals surface area contributed by atoms with Crippen LogP contribution >= 0.6 is 0 Å². The minimum atomic E-state index is 0.355. The summed E-state index contributed by atoms with van der Waals surface area (Å²) in [6.07, 6.45) is 0.972. The number of benzene rings is 1. The number of hydrogen-bond acceptors (Lipinski definition) is 2. The molecule has 0 bridgehead atoms. The van der Waals surface area contributed by atoms with Crippen molar-refractivity contribution in [3.05, 3.63) is 42.0 Å². The van der Waals surface area contributed by atoms with E-state index in [1.165, 1.54) is 11.1 Å². The molecule has 1 aromatic carbocycles. The van der Waals surface area contributed by atoms with Gasteiger partial charge in [-0.3, -0.25) is 0 Å². The highest BCUT2D eigenvalue weighted by atomic mass is 16.5. The average molecular weight is 219 g/mol. The molecule has 2 heteroatoms. The summed E-state index contributed by atoms with van der Waals surface area (Å²) < 4.78 is 5.15. The monoisotopic (exact) mass is 219 g/mol. The normalized spacial score (nSPS) is 12.2. The maximum absolute atomic E-state index is 5.15. The summed E-state index contributed by atoms with van der Waals surface area (Å²) in [5.74, 6) is 0.898. The van der Waals surface area contributed by atoms with Gasteiger partial charge >= 0.3 is 0 Å². The van der Waals surface area contributed by atoms with Gasteiger partial charge in [-0.2, -0.15) is 0 Å². The van der Waals surface area contributed by atoms with Gasteiger partial charge in [0.15, 0.2) is 0 Å². The molecule has 0 aliphatic rings. The van der Waals surface area contributed by atoms with Gasteiger partial charge in [0.1, 0.15) is 5.75 Å². The van der Waals surface area contributed by atoms with E-state index in [2.05, 4.69) is 37.9 Å². The third kappa shape index (κ3) is 3.70. The van der Waals surface area contributed by atoms with E-state index < -0.39 is 0 Å². The van der Waals surface area contributed by atoms with Gasteiger partial charge < -0.3 is 10.1 Å². The van der Waals surface area contributed by atoms with Crippen LogP contribution in [0.4, 0.5) is 0 Å². The molecule has 0 saturated carbocycles. The van der Waals surface area contributed by atoms with E-state index in [1.807, 2.05) is 12.1 Å². The zero-order valence-electron chi connectivity index (χ0n) is 10.4. The predicted molar refractivity (Wildman–Crippen MR) is 68.8 cm³/mol. The number of ether oxygens (including phenoxy) is 1. The summed E-state index contributed by atoms with van der Waals surface area (Å²) in [5, 5.41) is 3.47. The number of hydrogen-bond donors (Lipinski definition) is 1. The van der Waals surface area contributed by atoms with Crippen molar-refractivity contribution >= 4 is 0 Å². The Labute approximate surface area is 98.3 Å². The Morgan fingerprint density at radius 2 is 2.00 bits per heavy atom. The third-order valence-corrected chi connectivity index (χ3v) is 2.52. The lowest BCUT2D eigenvalue weighted by molar-refractivity contribution is 0.414. The van der Waals surface area contributed by atoms with Crippen LogP contribution in [0.15, 0.2) is 36.4 Å². The van der Waals surface area contributed by atoms with Crippen LogP contribution in [0.1, 0.15) is 31.9 Å². The Morgan fingerprint density at radius 1 is 1.38 bits per heavy atom. The molecule has 1 aromatic rings. The van der Waals surface area contributed by atoms with Crippen LogP contribution in [-0.4, -0.2) is 13.7 Å². The van der Waals surface area contributed by atoms with Crippen molar-refractivity contribution in [3.8, 4) is 5.75 Å². The zero-order chi connectivity index (χ0) is 12.0. The molecule has 0 fully saturated rings. The van der Waals surface area contributed by atoms with Gasteiger partial charge in [0, 0.05) is 6.04 Å². The Balaban J connectivity index is 2.79. The molecule has 1 rings (SSSR count). The standard InChI is InChI=1S/C14H21NO/c1-5-15-14(10-11(2)3)12-6-8-13(16-4)9-7-12/h6-9,14-15H,2,5,10H2,1,3-4H3. The number of methoxy groups -OCH3 is 1. The minimum Gasteiger partial charge on any atom is -0.497 e. The molecule has 0 aromatic heterocycles. The molecule has 0 radical (unpaired) electrons. The van der Waals surface area contributed by atoms with Crippen molar-refractivity contribution in [3.63, 3.8) is 0 Å². The maximum Gasteiger partial charge on any atom is 0.118 e. The molecular formula is C14H21NO. The van der Waals surface area contributed by atoms with Crippen LogP contribution in [0.2, 0.25) is 0 Å². The largest absolute Gasteiger partial charge is 0.497 e. The van der Waals surface area contributed by atoms with Crippen LogP contribution < -0.4 is 10.1 Å². The first-order valence-corrected chi connectivity index (χ1v) is 5.69. The topological polar surface area (TPSA) is 21.3 Å². The highest BCUT2D eigenvalue weighted by Gasteiger charge is 2.09. The summed E-state index contributed by atoms with van der Waals surface area (Å²) in [4.78, 5) is 0. The Bertz CT molecular complexity index is 329. The van der Waals surface area contributed by atoms with Gasteiger partial charge in [0.05, 0.1) is 7.11 Å². The van der Waals surface area contributed by atoms with E-state index in [0.717, 1.165) is 18.7 Å². The molecule has 2 nitrogen and oxygen atoms in total. The molecule has 0 amide bonds. The fraction of sp³-hybridized carbons (Fsp3) is 0.429. The molecule has 0 aliphatic heterocycles. The first kappa shape index (κ1) is 12.8. The van der Waals surface area contributed by atoms with Gasteiger partial charge in [-0.25, -0.2) is 0 Å². The van der Waals surface area contributed by atoms with Crippen LogP contribution in [0, 0.1) is 0 Å². The van der Waals surface area contributed by atoms with Crippen LogP contribution in [0.25, 0.3) is 0 Å². The zero-order valence-corrected chi connectivity index (χ0v) is 10.4. The molecule has 1 atom stereocenters. The fourth-order valence-corrected chi connectivity index (χ4v) is 1.74. The van der Waals surface area contributed by atoms with E-state index in [9.17, 15) is 0 Å². The first-order valence-electron chi connectivity index (χ1n) is 5.69. The highest BCUT2D eigenvalue weighted by Crippen LogP contribution is 2.22. The van der Waals surface area contributed by atoms with Crippen molar-refractivity contribution < 1.29 is 4.74 Å². The van der Waals surface area contributed by atoms with Gasteiger partial charge in [0.25, 0.3) is 0 Å². The predicted octanol–water partition coefficient (Wildman–Crippen LogP) is 3.31. The molecule has 0 aliphatic carbocycles. The molecule has 0 heterocycles. The third-order valence-electron chi connectivity index (χ3n) is 2.52. The Kier molecular flexibility index (Phi) is 5.06. The lowest BCUT2D eigenvalue weighted by atomic mass is 10.0. The highest BCUT2D eigenvalue weighted by molar-refractivity contribution is 5.29. The second-order valence-corrected chi connectivity index (χ2v) is 4.04. The number of nitrogens with one attached hydrogen (secondary N) is 1. The molecule has 0 spiro atoms. The van der Waals surface area contributed by atoms with Gasteiger partial charge in [-0.15, -0.1) is 6.58 Å². The van der Waals surface area contributed by atoms with E-state index in [0.29, 0.717) is 6.04 Å². The molecule has 0 saturated heterocycles. The van der Waals surface area contributed by atoms with E-state index in [1.54, 1.807) is 7.11 Å². The smallest absolute Gasteiger partial charge is 0.118 e. The van der Waals surface area contributed by atoms with Crippen LogP contribution in [0.5, 0.6) is 5.75 Å². The van der Waals surface area contributed by atoms with E-state index in [-0.39, 0.29) is 0 Å². The second kappa shape index (κ2) is 6.33. The maximum atomic E-state index is 5.15. The summed E-state index contributed by atoms with van der Waals surface area (Å²) in [6, 6.07) is 8.56. The average Bonchev–Trinajstić information content (AvgIpc) is 2.28. The molecule has 16 heavy (non-hydrogen) atoms. The van der Waals surface area contributed by atoms with Gasteiger partial charge in [-0.1, -0.05) is 24.6 Å². The Morgan fingerprint density at radius 3 is 2.44 bits per heavy atom. The van der Waals surface area contributed by atoms with Crippen molar-refractivity contribution in [1.82, 2.24) is 5.32 Å². The first-order chi connectivity index (χ1) is 7.67. The quantitative estimate of drug-likeness (QED) is 0.741. The summed E-state index contributed by atoms with van der Waals surface area (Å²) >= 11 is 0. The molecule has 88 valence electrons. The Hall–Kier alpha value is -1.28. The summed E-state index contributed by atoms with van der Waals surface area (Å²) in [5.41, 5.74) is 2.48. The van der Waals surface area contributed by atoms with E-state index in [4.69, 9.17) is 4.74 Å². The lowest BCUT2D eigenvalue weighted by Gasteiger charge is -2.18.